The zero-order chi connectivity index (χ0) is 21.6. The lowest BCUT2D eigenvalue weighted by atomic mass is 9.90. The van der Waals surface area contributed by atoms with Crippen molar-refractivity contribution in [2.45, 2.75) is 44.9 Å². The summed E-state index contributed by atoms with van der Waals surface area (Å²) in [6.45, 7) is 5.32. The molecule has 1 unspecified atom stereocenters. The van der Waals surface area contributed by atoms with Crippen molar-refractivity contribution in [3.8, 4) is 5.75 Å². The van der Waals surface area contributed by atoms with Gasteiger partial charge in [0.25, 0.3) is 0 Å². The molecule has 0 fully saturated rings. The van der Waals surface area contributed by atoms with E-state index in [0.29, 0.717) is 25.5 Å². The van der Waals surface area contributed by atoms with Crippen molar-refractivity contribution >= 4 is 35.8 Å². The molecule has 0 spiro atoms. The normalized spacial score (nSPS) is 16.9. The van der Waals surface area contributed by atoms with Crippen molar-refractivity contribution in [3.05, 3.63) is 65.7 Å². The smallest absolute Gasteiger partial charge is 0.224 e. The Kier molecular flexibility index (Phi) is 9.15. The zero-order valence-corrected chi connectivity index (χ0v) is 21.1. The van der Waals surface area contributed by atoms with Crippen LogP contribution in [0.4, 0.5) is 0 Å². The minimum atomic E-state index is -0.263. The number of rotatable bonds is 6. The molecule has 0 bridgehead atoms. The Morgan fingerprint density at radius 3 is 2.55 bits per heavy atom. The van der Waals surface area contributed by atoms with Gasteiger partial charge in [-0.15, -0.1) is 24.0 Å². The maximum atomic E-state index is 12.5. The Balaban J connectivity index is 0.00000341. The molecule has 6 nitrogen and oxygen atoms in total. The summed E-state index contributed by atoms with van der Waals surface area (Å²) in [7, 11) is 3.58. The molecule has 1 aliphatic heterocycles. The summed E-state index contributed by atoms with van der Waals surface area (Å²) in [6, 6.07) is 18.2. The van der Waals surface area contributed by atoms with Crippen molar-refractivity contribution in [3.63, 3.8) is 0 Å². The van der Waals surface area contributed by atoms with E-state index >= 15 is 0 Å². The maximum Gasteiger partial charge on any atom is 0.224 e. The van der Waals surface area contributed by atoms with Crippen molar-refractivity contribution in [1.29, 1.82) is 0 Å². The van der Waals surface area contributed by atoms with Crippen molar-refractivity contribution in [2.24, 2.45) is 4.99 Å². The van der Waals surface area contributed by atoms with E-state index in [-0.39, 0.29) is 41.5 Å². The van der Waals surface area contributed by atoms with Crippen molar-refractivity contribution in [1.82, 2.24) is 15.5 Å². The molecule has 1 heterocycles. The first-order chi connectivity index (χ1) is 14.4. The highest BCUT2D eigenvalue weighted by Gasteiger charge is 2.33. The highest BCUT2D eigenvalue weighted by molar-refractivity contribution is 14.0. The lowest BCUT2D eigenvalue weighted by Gasteiger charge is -2.38. The summed E-state index contributed by atoms with van der Waals surface area (Å²) in [5.41, 5.74) is 1.99. The number of hydrogen-bond acceptors (Lipinski definition) is 3. The van der Waals surface area contributed by atoms with Crippen LogP contribution >= 0.6 is 24.0 Å². The number of nitrogens with zero attached hydrogens (tertiary/aromatic N) is 2. The standard InChI is InChI=1S/C24H32N4O2.HI/c1-24(2)16-20(19-12-8-9-13-21(19)30-24)27-23(25-3)26-15-14-22(29)28(4)17-18-10-6-5-7-11-18;/h5-13,20H,14-17H2,1-4H3,(H2,25,26,27);1H. The van der Waals surface area contributed by atoms with E-state index in [4.69, 9.17) is 4.74 Å². The van der Waals surface area contributed by atoms with E-state index in [1.165, 1.54) is 0 Å². The van der Waals surface area contributed by atoms with Crippen LogP contribution in [0.2, 0.25) is 0 Å². The van der Waals surface area contributed by atoms with Gasteiger partial charge in [-0.25, -0.2) is 0 Å². The predicted octanol–water partition coefficient (Wildman–Crippen LogP) is 4.12. The summed E-state index contributed by atoms with van der Waals surface area (Å²) in [5.74, 6) is 1.68. The van der Waals surface area contributed by atoms with Crippen LogP contribution in [0.5, 0.6) is 5.75 Å². The Hall–Kier alpha value is -2.29. The fourth-order valence-electron chi connectivity index (χ4n) is 3.71. The molecule has 1 atom stereocenters. The number of ether oxygens (including phenoxy) is 1. The van der Waals surface area contributed by atoms with Gasteiger partial charge in [0.05, 0.1) is 6.04 Å². The highest BCUT2D eigenvalue weighted by Crippen LogP contribution is 2.39. The molecular formula is C24H33IN4O2. The van der Waals surface area contributed by atoms with Gasteiger partial charge >= 0.3 is 0 Å². The van der Waals surface area contributed by atoms with E-state index in [9.17, 15) is 4.79 Å². The first kappa shape index (κ1) is 25.0. The number of para-hydroxylation sites is 1. The molecule has 0 radical (unpaired) electrons. The van der Waals surface area contributed by atoms with Crippen LogP contribution in [0.25, 0.3) is 0 Å². The van der Waals surface area contributed by atoms with E-state index in [2.05, 4.69) is 35.5 Å². The monoisotopic (exact) mass is 536 g/mol. The van der Waals surface area contributed by atoms with Crippen LogP contribution in [0.1, 0.15) is 43.9 Å². The van der Waals surface area contributed by atoms with E-state index in [1.807, 2.05) is 55.6 Å². The number of guanidine groups is 1. The van der Waals surface area contributed by atoms with E-state index in [1.54, 1.807) is 11.9 Å². The molecule has 1 amide bonds. The van der Waals surface area contributed by atoms with E-state index < -0.39 is 0 Å². The van der Waals surface area contributed by atoms with Gasteiger partial charge in [-0.1, -0.05) is 48.5 Å². The largest absolute Gasteiger partial charge is 0.487 e. The molecular weight excluding hydrogens is 503 g/mol. The summed E-state index contributed by atoms with van der Waals surface area (Å²) in [6.07, 6.45) is 1.23. The highest BCUT2D eigenvalue weighted by atomic mass is 127. The van der Waals surface area contributed by atoms with Crippen molar-refractivity contribution < 1.29 is 9.53 Å². The number of halogens is 1. The first-order valence-electron chi connectivity index (χ1n) is 10.4. The average molecular weight is 536 g/mol. The second-order valence-electron chi connectivity index (χ2n) is 8.29. The van der Waals surface area contributed by atoms with Gasteiger partial charge in [-0.3, -0.25) is 9.79 Å². The molecule has 3 rings (SSSR count). The number of carbonyl (C=O) groups excluding carboxylic acids is 1. The molecule has 2 aromatic rings. The third-order valence-electron chi connectivity index (χ3n) is 5.23. The van der Waals surface area contributed by atoms with Gasteiger partial charge in [-0.05, 0) is 25.5 Å². The van der Waals surface area contributed by atoms with Crippen LogP contribution in [0.3, 0.4) is 0 Å². The number of amides is 1. The summed E-state index contributed by atoms with van der Waals surface area (Å²) >= 11 is 0. The molecule has 0 saturated heterocycles. The number of fused-ring (bicyclic) bond motifs is 1. The van der Waals surface area contributed by atoms with Gasteiger partial charge in [-0.2, -0.15) is 0 Å². The molecule has 31 heavy (non-hydrogen) atoms. The second kappa shape index (κ2) is 11.4. The lowest BCUT2D eigenvalue weighted by molar-refractivity contribution is -0.130. The van der Waals surface area contributed by atoms with Crippen LogP contribution in [0, 0.1) is 0 Å². The van der Waals surface area contributed by atoms with Gasteiger partial charge in [0, 0.05) is 45.6 Å². The summed E-state index contributed by atoms with van der Waals surface area (Å²) in [4.78, 5) is 18.6. The molecule has 1 aliphatic rings. The quantitative estimate of drug-likeness (QED) is 0.331. The first-order valence-corrected chi connectivity index (χ1v) is 10.4. The van der Waals surface area contributed by atoms with Crippen LogP contribution in [-0.4, -0.2) is 43.0 Å². The Bertz CT molecular complexity index is 886. The number of benzene rings is 2. The predicted molar refractivity (Wildman–Crippen MR) is 136 cm³/mol. The number of hydrogen-bond donors (Lipinski definition) is 2. The number of aliphatic imine (C=N–C) groups is 1. The fourth-order valence-corrected chi connectivity index (χ4v) is 3.71. The molecule has 168 valence electrons. The minimum Gasteiger partial charge on any atom is -0.487 e. The molecule has 0 aliphatic carbocycles. The number of nitrogens with one attached hydrogen (secondary N) is 2. The molecule has 2 aromatic carbocycles. The Morgan fingerprint density at radius 1 is 1.16 bits per heavy atom. The van der Waals surface area contributed by atoms with Crippen molar-refractivity contribution in [2.75, 3.05) is 20.6 Å². The van der Waals surface area contributed by atoms with Crippen LogP contribution in [-0.2, 0) is 11.3 Å². The molecule has 0 aromatic heterocycles. The third kappa shape index (κ3) is 7.12. The Morgan fingerprint density at radius 2 is 1.84 bits per heavy atom. The third-order valence-corrected chi connectivity index (χ3v) is 5.23. The average Bonchev–Trinajstić information content (AvgIpc) is 2.72. The summed E-state index contributed by atoms with van der Waals surface area (Å²) in [5, 5.41) is 6.77. The molecule has 2 N–H and O–H groups in total. The van der Waals surface area contributed by atoms with Gasteiger partial charge in [0.2, 0.25) is 5.91 Å². The molecule has 7 heteroatoms. The van der Waals surface area contributed by atoms with Crippen LogP contribution in [0.15, 0.2) is 59.6 Å². The number of carbonyl (C=O) groups is 1. The van der Waals surface area contributed by atoms with Gasteiger partial charge in [0.1, 0.15) is 11.4 Å². The molecule has 0 saturated carbocycles. The second-order valence-corrected chi connectivity index (χ2v) is 8.29. The fraction of sp³-hybridized carbons (Fsp3) is 0.417. The van der Waals surface area contributed by atoms with Gasteiger partial charge in [0.15, 0.2) is 5.96 Å². The zero-order valence-electron chi connectivity index (χ0n) is 18.7. The SMILES string of the molecule is CN=C(NCCC(=O)N(C)Cc1ccccc1)NC1CC(C)(C)Oc2ccccc21.I. The minimum absolute atomic E-state index is 0. The lowest BCUT2D eigenvalue weighted by Crippen LogP contribution is -2.46. The Labute approximate surface area is 202 Å². The van der Waals surface area contributed by atoms with Gasteiger partial charge < -0.3 is 20.3 Å². The topological polar surface area (TPSA) is 66.0 Å². The van der Waals surface area contributed by atoms with Crippen LogP contribution < -0.4 is 15.4 Å². The summed E-state index contributed by atoms with van der Waals surface area (Å²) < 4.78 is 6.10. The maximum absolute atomic E-state index is 12.5. The van der Waals surface area contributed by atoms with E-state index in [0.717, 1.165) is 23.3 Å².